The van der Waals surface area contributed by atoms with Crippen LogP contribution in [0.1, 0.15) is 38.8 Å². The summed E-state index contributed by atoms with van der Waals surface area (Å²) in [5.74, 6) is -6.86. The van der Waals surface area contributed by atoms with Crippen LogP contribution in [0.3, 0.4) is 0 Å². The van der Waals surface area contributed by atoms with E-state index in [0.717, 1.165) is 24.3 Å². The number of hydroxylamine groups is 1. The van der Waals surface area contributed by atoms with Crippen LogP contribution >= 0.6 is 0 Å². The highest BCUT2D eigenvalue weighted by molar-refractivity contribution is 7.89. The molecule has 4 rings (SSSR count). The lowest BCUT2D eigenvalue weighted by molar-refractivity contribution is -0.139. The van der Waals surface area contributed by atoms with Gasteiger partial charge in [0, 0.05) is 30.8 Å². The van der Waals surface area contributed by atoms with Crippen LogP contribution in [0.2, 0.25) is 0 Å². The number of halogens is 4. The molecule has 27 heteroatoms. The Morgan fingerprint density at radius 3 is 1.18 bits per heavy atom. The number of carbonyl (C=O) groups is 3. The largest absolute Gasteiger partial charge is 0.463 e. The van der Waals surface area contributed by atoms with Crippen LogP contribution in [0.15, 0.2) is 93.7 Å². The Labute approximate surface area is 449 Å². The predicted molar refractivity (Wildman–Crippen MR) is 273 cm³/mol. The van der Waals surface area contributed by atoms with E-state index in [9.17, 15) is 48.8 Å². The Bertz CT molecular complexity index is 2820. The molecule has 428 valence electrons. The quantitative estimate of drug-likeness (QED) is 0.0127. The summed E-state index contributed by atoms with van der Waals surface area (Å²) >= 11 is 0. The van der Waals surface area contributed by atoms with E-state index in [1.54, 1.807) is 13.8 Å². The average molecular weight is 1140 g/mol. The predicted octanol–water partition coefficient (Wildman–Crippen LogP) is 6.33. The zero-order valence-corrected chi connectivity index (χ0v) is 44.8. The lowest BCUT2D eigenvalue weighted by atomic mass is 10.1. The van der Waals surface area contributed by atoms with Crippen LogP contribution in [-0.2, 0) is 67.6 Å². The molecule has 0 unspecified atom stereocenters. The van der Waals surface area contributed by atoms with Gasteiger partial charge in [0.05, 0.1) is 95.7 Å². The van der Waals surface area contributed by atoms with Crippen molar-refractivity contribution in [3.8, 4) is 23.0 Å². The summed E-state index contributed by atoms with van der Waals surface area (Å²) in [4.78, 5) is 40.3. The molecule has 0 aliphatic rings. The molecule has 0 atom stereocenters. The summed E-state index contributed by atoms with van der Waals surface area (Å²) in [6, 6.07) is 13.1. The van der Waals surface area contributed by atoms with Gasteiger partial charge < -0.3 is 47.9 Å². The standard InChI is InChI=1S/C51H62F4N4O17S2/c1-5-72-49(60)35(3)29-37-31-43(52)47(44(53)32-37)75-39-7-11-41(12-8-39)77(63,64)57-16-19-68-22-25-70-24-21-67-18-15-56-51(62)59-74-28-27-71-26-23-69-20-17-58-78(65,66)42-13-9-40(10-14-42)76-48-45(54)33-38(34-46(48)55)30-36(4)50(61)73-6-2/h7-14,29-34,57-58H,5-6,15-28H2,1-4H3,(H2,56,59,62)/b35-29+,36-30+. The van der Waals surface area contributed by atoms with Gasteiger partial charge in [-0.1, -0.05) is 0 Å². The summed E-state index contributed by atoms with van der Waals surface area (Å²) in [7, 11) is -7.90. The fourth-order valence-electron chi connectivity index (χ4n) is 6.25. The molecule has 0 aromatic heterocycles. The van der Waals surface area contributed by atoms with Crippen molar-refractivity contribution in [3.63, 3.8) is 0 Å². The Balaban J connectivity index is 0.940. The number of urea groups is 1. The second-order valence-corrected chi connectivity index (χ2v) is 19.5. The maximum absolute atomic E-state index is 14.7. The van der Waals surface area contributed by atoms with E-state index in [4.69, 9.17) is 47.5 Å². The highest BCUT2D eigenvalue weighted by Gasteiger charge is 2.19. The number of carbonyl (C=O) groups excluding carboxylic acids is 3. The second-order valence-electron chi connectivity index (χ2n) is 15.9. The van der Waals surface area contributed by atoms with Crippen molar-refractivity contribution in [2.45, 2.75) is 37.5 Å². The van der Waals surface area contributed by atoms with Gasteiger partial charge in [-0.3, -0.25) is 4.84 Å². The van der Waals surface area contributed by atoms with Crippen LogP contribution in [0.25, 0.3) is 12.2 Å². The second kappa shape index (κ2) is 33.7. The van der Waals surface area contributed by atoms with Gasteiger partial charge in [-0.15, -0.1) is 0 Å². The summed E-state index contributed by atoms with van der Waals surface area (Å²) in [6.45, 7) is 8.03. The first-order valence-electron chi connectivity index (χ1n) is 24.1. The number of ether oxygens (including phenoxy) is 9. The zero-order valence-electron chi connectivity index (χ0n) is 43.2. The molecule has 0 spiro atoms. The molecule has 2 amide bonds. The molecule has 0 bridgehead atoms. The highest BCUT2D eigenvalue weighted by atomic mass is 32.2. The van der Waals surface area contributed by atoms with Crippen molar-refractivity contribution in [1.82, 2.24) is 20.2 Å². The van der Waals surface area contributed by atoms with Crippen LogP contribution in [-0.4, -0.2) is 140 Å². The molecule has 4 aromatic carbocycles. The van der Waals surface area contributed by atoms with E-state index in [1.165, 1.54) is 74.5 Å². The number of sulfonamides is 2. The van der Waals surface area contributed by atoms with Crippen LogP contribution in [0.4, 0.5) is 22.4 Å². The van der Waals surface area contributed by atoms with Crippen molar-refractivity contribution in [2.75, 3.05) is 106 Å². The molecule has 0 aliphatic carbocycles. The summed E-state index contributed by atoms with van der Waals surface area (Å²) in [5, 5.41) is 2.53. The van der Waals surface area contributed by atoms with E-state index >= 15 is 0 Å². The maximum Gasteiger partial charge on any atom is 0.338 e. The molecule has 0 heterocycles. The van der Waals surface area contributed by atoms with E-state index in [2.05, 4.69) is 20.2 Å². The minimum Gasteiger partial charge on any atom is -0.463 e. The van der Waals surface area contributed by atoms with Gasteiger partial charge in [0.25, 0.3) is 0 Å². The van der Waals surface area contributed by atoms with E-state index in [0.29, 0.717) is 0 Å². The monoisotopic (exact) mass is 1140 g/mol. The van der Waals surface area contributed by atoms with Gasteiger partial charge in [-0.2, -0.15) is 0 Å². The molecule has 4 N–H and O–H groups in total. The molecule has 0 aliphatic heterocycles. The molecule has 0 saturated heterocycles. The van der Waals surface area contributed by atoms with Crippen molar-refractivity contribution in [1.29, 1.82) is 0 Å². The van der Waals surface area contributed by atoms with Gasteiger partial charge in [0.2, 0.25) is 20.0 Å². The number of benzene rings is 4. The number of esters is 2. The highest BCUT2D eigenvalue weighted by Crippen LogP contribution is 2.32. The van der Waals surface area contributed by atoms with Crippen molar-refractivity contribution < 1.29 is 96.3 Å². The number of hydrogen-bond donors (Lipinski definition) is 4. The maximum atomic E-state index is 14.7. The van der Waals surface area contributed by atoms with Gasteiger partial charge in [-0.25, -0.2) is 63.7 Å². The van der Waals surface area contributed by atoms with Crippen LogP contribution < -0.4 is 29.7 Å². The van der Waals surface area contributed by atoms with Gasteiger partial charge >= 0.3 is 18.0 Å². The number of hydrogen-bond acceptors (Lipinski definition) is 17. The molecule has 21 nitrogen and oxygen atoms in total. The van der Waals surface area contributed by atoms with Crippen molar-refractivity contribution >= 4 is 50.2 Å². The fourth-order valence-corrected chi connectivity index (χ4v) is 8.28. The SMILES string of the molecule is CCOC(=O)/C(C)=C/c1cc(F)c(Oc2ccc(S(=O)(=O)NCCOCCOCCOCCNC(=O)NOCCOCCOCCNS(=O)(=O)c3ccc(Oc4c(F)cc(/C=C(\C)C(=O)OCC)cc4F)cc3)cc2)c(F)c1. The Hall–Kier alpha value is -6.53. The number of amides is 2. The first-order chi connectivity index (χ1) is 37.3. The first-order valence-corrected chi connectivity index (χ1v) is 27.1. The van der Waals surface area contributed by atoms with Crippen molar-refractivity contribution in [3.05, 3.63) is 118 Å². The molecule has 4 aromatic rings. The molecular formula is C51H62F4N4O17S2. The minimum atomic E-state index is -3.96. The Kier molecular flexibility index (Phi) is 27.6. The van der Waals surface area contributed by atoms with Crippen LogP contribution in [0.5, 0.6) is 23.0 Å². The molecular weight excluding hydrogens is 1080 g/mol. The summed E-state index contributed by atoms with van der Waals surface area (Å²) in [5.41, 5.74) is 2.64. The normalized spacial score (nSPS) is 12.1. The first kappa shape index (κ1) is 64.0. The third-order valence-corrected chi connectivity index (χ3v) is 12.9. The molecule has 0 saturated carbocycles. The van der Waals surface area contributed by atoms with Gasteiger partial charge in [0.1, 0.15) is 11.5 Å². The van der Waals surface area contributed by atoms with E-state index in [-0.39, 0.29) is 149 Å². The topological polar surface area (TPSA) is 260 Å². The number of nitrogens with one attached hydrogen (secondary N) is 4. The smallest absolute Gasteiger partial charge is 0.338 e. The lowest BCUT2D eigenvalue weighted by Crippen LogP contribution is -2.38. The molecule has 0 radical (unpaired) electrons. The van der Waals surface area contributed by atoms with Gasteiger partial charge in [0.15, 0.2) is 34.8 Å². The third kappa shape index (κ3) is 22.8. The van der Waals surface area contributed by atoms with E-state index in [1.807, 2.05) is 0 Å². The van der Waals surface area contributed by atoms with E-state index < -0.39 is 72.8 Å². The third-order valence-electron chi connectivity index (χ3n) is 9.93. The summed E-state index contributed by atoms with van der Waals surface area (Å²) in [6.07, 6.45) is 2.54. The molecule has 78 heavy (non-hydrogen) atoms. The molecule has 0 fully saturated rings. The van der Waals surface area contributed by atoms with Crippen LogP contribution in [0, 0.1) is 23.3 Å². The fraction of sp³-hybridized carbons (Fsp3) is 0.392. The summed E-state index contributed by atoms with van der Waals surface area (Å²) < 4.78 is 162. The van der Waals surface area contributed by atoms with Gasteiger partial charge in [-0.05, 0) is 124 Å². The Morgan fingerprint density at radius 1 is 0.487 bits per heavy atom. The lowest BCUT2D eigenvalue weighted by Gasteiger charge is -2.11. The van der Waals surface area contributed by atoms with Crippen molar-refractivity contribution in [2.24, 2.45) is 0 Å². The zero-order chi connectivity index (χ0) is 56.9. The Morgan fingerprint density at radius 2 is 0.821 bits per heavy atom. The average Bonchev–Trinajstić information content (AvgIpc) is 3.41. The minimum absolute atomic E-state index is 0.0208. The number of rotatable bonds is 36.